The molecule has 0 bridgehead atoms. The highest BCUT2D eigenvalue weighted by Crippen LogP contribution is 2.22. The monoisotopic (exact) mass is 428 g/mol. The van der Waals surface area contributed by atoms with Crippen LogP contribution in [-0.2, 0) is 23.8 Å². The first-order chi connectivity index (χ1) is 12.5. The van der Waals surface area contributed by atoms with Crippen molar-refractivity contribution in [2.24, 2.45) is 0 Å². The van der Waals surface area contributed by atoms with Gasteiger partial charge in [0.2, 0.25) is 0 Å². The van der Waals surface area contributed by atoms with E-state index in [0.29, 0.717) is 0 Å². The molecule has 0 aromatic carbocycles. The van der Waals surface area contributed by atoms with E-state index in [1.807, 2.05) is 0 Å². The van der Waals surface area contributed by atoms with E-state index in [9.17, 15) is 23.9 Å². The summed E-state index contributed by atoms with van der Waals surface area (Å²) in [5.74, 6) is -0.910. The lowest BCUT2D eigenvalue weighted by Gasteiger charge is -2.27. The Labute approximate surface area is 170 Å². The fraction of sp³-hybridized carbons (Fsp3) is 0.824. The number of carbonyl (C=O) groups is 3. The van der Waals surface area contributed by atoms with Gasteiger partial charge in [-0.25, -0.2) is 14.0 Å². The summed E-state index contributed by atoms with van der Waals surface area (Å²) < 4.78 is 26.6. The van der Waals surface area contributed by atoms with Gasteiger partial charge in [0.1, 0.15) is 23.9 Å². The van der Waals surface area contributed by atoms with Gasteiger partial charge in [-0.1, -0.05) is 0 Å². The normalized spacial score (nSPS) is 26.5. The van der Waals surface area contributed by atoms with Crippen molar-refractivity contribution in [1.82, 2.24) is 10.2 Å². The lowest BCUT2D eigenvalue weighted by molar-refractivity contribution is -0.145. The fourth-order valence-electron chi connectivity index (χ4n) is 2.71. The minimum Gasteiger partial charge on any atom is -0.468 e. The molecule has 0 spiro atoms. The number of nitrogens with one attached hydrogen (secondary N) is 1. The van der Waals surface area contributed by atoms with Gasteiger partial charge >= 0.3 is 18.0 Å². The number of amides is 1. The zero-order valence-electron chi connectivity index (χ0n) is 16.8. The van der Waals surface area contributed by atoms with Crippen LogP contribution in [0.3, 0.4) is 0 Å². The summed E-state index contributed by atoms with van der Waals surface area (Å²) in [6.45, 7) is 5.58. The number of alkyl halides is 1. The van der Waals surface area contributed by atoms with E-state index >= 15 is 0 Å². The number of aliphatic hydroxyl groups is 1. The number of methoxy groups -OCH3 is 2. The highest BCUT2D eigenvalue weighted by molar-refractivity contribution is 5.85. The molecule has 2 heterocycles. The standard InChI is InChI=1S/C11H19NO5.C6H10FNO2.ClH/c1-11(2,3)17-10(15)12-6-7(13)5-8(12)9(14)16-4;1-10-6(9)5-2-4(7)3-8-5;/h7-8,13H,5-6H2,1-4H3;4-5,8H,2-3H2,1H3;1H/t7-,8-;4-,5-;/m00./s1. The Balaban J connectivity index is 0.000000567. The van der Waals surface area contributed by atoms with Crippen molar-refractivity contribution in [2.45, 2.75) is 63.6 Å². The van der Waals surface area contributed by atoms with Crippen molar-refractivity contribution < 1.29 is 38.1 Å². The third-order valence-corrected chi connectivity index (χ3v) is 3.94. The molecule has 0 radical (unpaired) electrons. The summed E-state index contributed by atoms with van der Waals surface area (Å²) >= 11 is 0. The number of esters is 2. The van der Waals surface area contributed by atoms with Crippen molar-refractivity contribution in [3.63, 3.8) is 0 Å². The second-order valence-electron chi connectivity index (χ2n) is 7.38. The fourth-order valence-corrected chi connectivity index (χ4v) is 2.71. The van der Waals surface area contributed by atoms with Crippen LogP contribution in [0.5, 0.6) is 0 Å². The molecule has 4 atom stereocenters. The number of carbonyl (C=O) groups excluding carboxylic acids is 3. The first-order valence-electron chi connectivity index (χ1n) is 8.69. The number of aliphatic hydroxyl groups excluding tert-OH is 1. The Morgan fingerprint density at radius 1 is 1.11 bits per heavy atom. The van der Waals surface area contributed by atoms with Crippen molar-refractivity contribution >= 4 is 30.4 Å². The van der Waals surface area contributed by atoms with Crippen molar-refractivity contribution in [3.8, 4) is 0 Å². The van der Waals surface area contributed by atoms with Gasteiger partial charge < -0.3 is 24.6 Å². The number of ether oxygens (including phenoxy) is 3. The Morgan fingerprint density at radius 2 is 1.68 bits per heavy atom. The zero-order valence-corrected chi connectivity index (χ0v) is 17.6. The van der Waals surface area contributed by atoms with Gasteiger partial charge in [-0.05, 0) is 20.8 Å². The molecule has 11 heteroatoms. The Kier molecular flexibility index (Phi) is 10.7. The van der Waals surface area contributed by atoms with Crippen LogP contribution in [0.1, 0.15) is 33.6 Å². The maximum absolute atomic E-state index is 12.4. The van der Waals surface area contributed by atoms with Crippen LogP contribution in [-0.4, -0.2) is 85.3 Å². The van der Waals surface area contributed by atoms with Gasteiger partial charge in [0.25, 0.3) is 0 Å². The van der Waals surface area contributed by atoms with Crippen molar-refractivity contribution in [1.29, 1.82) is 0 Å². The van der Waals surface area contributed by atoms with Crippen LogP contribution in [0.2, 0.25) is 0 Å². The molecular weight excluding hydrogens is 399 g/mol. The summed E-state index contributed by atoms with van der Waals surface area (Å²) in [6.07, 6.45) is -1.79. The molecule has 0 aromatic heterocycles. The van der Waals surface area contributed by atoms with Crippen molar-refractivity contribution in [2.75, 3.05) is 27.3 Å². The van der Waals surface area contributed by atoms with Crippen LogP contribution in [0.25, 0.3) is 0 Å². The number of halogens is 2. The van der Waals surface area contributed by atoms with E-state index in [1.165, 1.54) is 19.1 Å². The molecule has 2 aliphatic heterocycles. The Bertz CT molecular complexity index is 544. The number of likely N-dealkylation sites (tertiary alicyclic amines) is 1. The highest BCUT2D eigenvalue weighted by Gasteiger charge is 2.41. The van der Waals surface area contributed by atoms with Gasteiger partial charge in [0.05, 0.1) is 26.9 Å². The molecule has 0 aromatic rings. The number of hydrogen-bond donors (Lipinski definition) is 2. The Hall–Kier alpha value is -1.65. The first kappa shape index (κ1) is 26.4. The smallest absolute Gasteiger partial charge is 0.411 e. The lowest BCUT2D eigenvalue weighted by Crippen LogP contribution is -2.43. The summed E-state index contributed by atoms with van der Waals surface area (Å²) in [4.78, 5) is 35.2. The van der Waals surface area contributed by atoms with E-state index < -0.39 is 42.0 Å². The molecule has 0 aliphatic carbocycles. The molecule has 28 heavy (non-hydrogen) atoms. The number of β-amino-alcohol motifs (C(OH)–C–C–N with tert-alkyl or cyclic N) is 1. The number of rotatable bonds is 2. The predicted molar refractivity (Wildman–Crippen MR) is 99.9 cm³/mol. The number of nitrogens with zero attached hydrogens (tertiary/aromatic N) is 1. The van der Waals surface area contributed by atoms with E-state index in [2.05, 4.69) is 14.8 Å². The van der Waals surface area contributed by atoms with Crippen LogP contribution in [0.15, 0.2) is 0 Å². The SMILES string of the molecule is COC(=O)[C@@H]1C[C@H](F)CN1.COC(=O)[C@@H]1C[C@H](O)CN1C(=O)OC(C)(C)C.Cl. The van der Waals surface area contributed by atoms with E-state index in [4.69, 9.17) is 4.74 Å². The third kappa shape index (κ3) is 8.15. The molecule has 0 saturated carbocycles. The van der Waals surface area contributed by atoms with Crippen molar-refractivity contribution in [3.05, 3.63) is 0 Å². The van der Waals surface area contributed by atoms with Crippen LogP contribution >= 0.6 is 12.4 Å². The topological polar surface area (TPSA) is 114 Å². The zero-order chi connectivity index (χ0) is 20.8. The van der Waals surface area contributed by atoms with Gasteiger partial charge in [0.15, 0.2) is 0 Å². The van der Waals surface area contributed by atoms with Gasteiger partial charge in [-0.15, -0.1) is 12.4 Å². The summed E-state index contributed by atoms with van der Waals surface area (Å²) in [7, 11) is 2.55. The van der Waals surface area contributed by atoms with Crippen LogP contribution in [0.4, 0.5) is 9.18 Å². The van der Waals surface area contributed by atoms with Gasteiger partial charge in [0, 0.05) is 19.4 Å². The van der Waals surface area contributed by atoms with E-state index in [1.54, 1.807) is 20.8 Å². The summed E-state index contributed by atoms with van der Waals surface area (Å²) in [6, 6.07) is -1.19. The molecule has 164 valence electrons. The number of hydrogen-bond acceptors (Lipinski definition) is 8. The van der Waals surface area contributed by atoms with Gasteiger partial charge in [-0.2, -0.15) is 0 Å². The van der Waals surface area contributed by atoms with Crippen LogP contribution in [0, 0.1) is 0 Å². The minimum atomic E-state index is -0.899. The molecule has 2 saturated heterocycles. The first-order valence-corrected chi connectivity index (χ1v) is 8.69. The molecule has 0 unspecified atom stereocenters. The van der Waals surface area contributed by atoms with Gasteiger partial charge in [-0.3, -0.25) is 9.69 Å². The average molecular weight is 429 g/mol. The minimum absolute atomic E-state index is 0. The second kappa shape index (κ2) is 11.4. The van der Waals surface area contributed by atoms with Crippen LogP contribution < -0.4 is 5.32 Å². The molecule has 2 rings (SSSR count). The average Bonchev–Trinajstić information content (AvgIpc) is 3.18. The quantitative estimate of drug-likeness (QED) is 0.490. The van der Waals surface area contributed by atoms with E-state index in [0.717, 1.165) is 0 Å². The maximum atomic E-state index is 12.4. The molecule has 9 nitrogen and oxygen atoms in total. The molecule has 2 N–H and O–H groups in total. The second-order valence-corrected chi connectivity index (χ2v) is 7.38. The Morgan fingerprint density at radius 3 is 2.11 bits per heavy atom. The highest BCUT2D eigenvalue weighted by atomic mass is 35.5. The summed E-state index contributed by atoms with van der Waals surface area (Å²) in [5, 5.41) is 12.2. The third-order valence-electron chi connectivity index (χ3n) is 3.94. The molecule has 2 fully saturated rings. The van der Waals surface area contributed by atoms with E-state index in [-0.39, 0.29) is 44.3 Å². The summed E-state index contributed by atoms with van der Waals surface area (Å²) in [5.41, 5.74) is -0.634. The molecular formula is C17H30ClFN2O7. The predicted octanol–water partition coefficient (Wildman–Crippen LogP) is 0.811. The largest absolute Gasteiger partial charge is 0.468 e. The molecule has 2 aliphatic rings. The molecule has 1 amide bonds. The maximum Gasteiger partial charge on any atom is 0.411 e. The lowest BCUT2D eigenvalue weighted by atomic mass is 10.2.